The lowest BCUT2D eigenvalue weighted by Crippen LogP contribution is -2.35. The van der Waals surface area contributed by atoms with Crippen LogP contribution in [0.25, 0.3) is 0 Å². The maximum absolute atomic E-state index is 6.00. The molecule has 1 aliphatic heterocycles. The number of likely N-dealkylation sites (tertiary alicyclic amines) is 1. The zero-order chi connectivity index (χ0) is 14.2. The van der Waals surface area contributed by atoms with E-state index in [1.807, 2.05) is 36.4 Å². The number of rotatable bonds is 2. The van der Waals surface area contributed by atoms with Crippen LogP contribution in [-0.4, -0.2) is 35.6 Å². The van der Waals surface area contributed by atoms with E-state index in [0.29, 0.717) is 18.1 Å². The summed E-state index contributed by atoms with van der Waals surface area (Å²) in [5.41, 5.74) is 1.89. The van der Waals surface area contributed by atoms with Crippen LogP contribution in [0.15, 0.2) is 48.8 Å². The minimum Gasteiger partial charge on any atom is -0.487 e. The average molecular weight is 276 g/mol. The largest absolute Gasteiger partial charge is 0.487 e. The minimum atomic E-state index is 0.342. The second-order valence-corrected chi connectivity index (χ2v) is 5.70. The third kappa shape index (κ3) is 2.39. The average Bonchev–Trinajstić information content (AvgIpc) is 3.10. The molecule has 104 valence electrons. The van der Waals surface area contributed by atoms with Gasteiger partial charge in [-0.1, -0.05) is 30.0 Å². The standard InChI is InChI=1S/C18H16N2O/c1-20-12-16-17(20)18(16)21-15-9-14(10-19-11-15)8-7-13-5-3-2-4-6-13/h2-6,9-11,16-18H,12H2,1H3/t16?,17-,18?/m0/s1. The summed E-state index contributed by atoms with van der Waals surface area (Å²) in [6.45, 7) is 1.15. The Bertz CT molecular complexity index is 717. The summed E-state index contributed by atoms with van der Waals surface area (Å²) in [6.07, 6.45) is 3.89. The lowest BCUT2D eigenvalue weighted by atomic mass is 10.2. The molecular formula is C18H16N2O. The lowest BCUT2D eigenvalue weighted by Gasteiger charge is -2.22. The normalized spacial score (nSPS) is 26.0. The third-order valence-corrected chi connectivity index (χ3v) is 4.17. The van der Waals surface area contributed by atoms with Gasteiger partial charge < -0.3 is 4.74 Å². The molecule has 0 amide bonds. The van der Waals surface area contributed by atoms with Gasteiger partial charge in [0.15, 0.2) is 0 Å². The summed E-state index contributed by atoms with van der Waals surface area (Å²) in [6, 6.07) is 12.5. The highest BCUT2D eigenvalue weighted by molar-refractivity contribution is 5.43. The van der Waals surface area contributed by atoms with Crippen molar-refractivity contribution in [2.45, 2.75) is 12.1 Å². The van der Waals surface area contributed by atoms with Crippen molar-refractivity contribution < 1.29 is 4.74 Å². The van der Waals surface area contributed by atoms with E-state index in [0.717, 1.165) is 23.4 Å². The van der Waals surface area contributed by atoms with Crippen molar-refractivity contribution in [1.82, 2.24) is 9.88 Å². The van der Waals surface area contributed by atoms with Crippen LogP contribution in [0.1, 0.15) is 11.1 Å². The smallest absolute Gasteiger partial charge is 0.139 e. The Morgan fingerprint density at radius 3 is 2.67 bits per heavy atom. The van der Waals surface area contributed by atoms with Crippen LogP contribution >= 0.6 is 0 Å². The lowest BCUT2D eigenvalue weighted by molar-refractivity contribution is 0.210. The summed E-state index contributed by atoms with van der Waals surface area (Å²) < 4.78 is 6.00. The van der Waals surface area contributed by atoms with Gasteiger partial charge in [-0.15, -0.1) is 0 Å². The van der Waals surface area contributed by atoms with Crippen molar-refractivity contribution in [3.63, 3.8) is 0 Å². The fourth-order valence-corrected chi connectivity index (χ4v) is 2.96. The summed E-state index contributed by atoms with van der Waals surface area (Å²) in [4.78, 5) is 6.56. The fourth-order valence-electron chi connectivity index (χ4n) is 2.96. The summed E-state index contributed by atoms with van der Waals surface area (Å²) in [5.74, 6) is 7.82. The summed E-state index contributed by atoms with van der Waals surface area (Å²) in [5, 5.41) is 0. The Morgan fingerprint density at radius 2 is 1.95 bits per heavy atom. The highest BCUT2D eigenvalue weighted by atomic mass is 16.5. The van der Waals surface area contributed by atoms with E-state index in [9.17, 15) is 0 Å². The number of benzene rings is 1. The van der Waals surface area contributed by atoms with Gasteiger partial charge in [0.05, 0.1) is 12.2 Å². The minimum absolute atomic E-state index is 0.342. The molecule has 0 radical (unpaired) electrons. The molecule has 1 aliphatic carbocycles. The SMILES string of the molecule is CN1CC2C(Oc3cncc(C#Cc4ccccc4)c3)[C@H]21. The van der Waals surface area contributed by atoms with Gasteiger partial charge in [-0.05, 0) is 25.2 Å². The third-order valence-electron chi connectivity index (χ3n) is 4.17. The van der Waals surface area contributed by atoms with Crippen LogP contribution in [0.4, 0.5) is 0 Å². The zero-order valence-electron chi connectivity index (χ0n) is 11.9. The van der Waals surface area contributed by atoms with Crippen molar-refractivity contribution in [2.24, 2.45) is 5.92 Å². The second kappa shape index (κ2) is 4.91. The van der Waals surface area contributed by atoms with Crippen LogP contribution in [-0.2, 0) is 0 Å². The number of ether oxygens (including phenoxy) is 1. The molecule has 2 unspecified atom stereocenters. The van der Waals surface area contributed by atoms with Gasteiger partial charge in [0, 0.05) is 29.8 Å². The van der Waals surface area contributed by atoms with Gasteiger partial charge >= 0.3 is 0 Å². The molecule has 2 heterocycles. The van der Waals surface area contributed by atoms with E-state index in [1.54, 1.807) is 12.4 Å². The van der Waals surface area contributed by atoms with Gasteiger partial charge in [-0.25, -0.2) is 0 Å². The van der Waals surface area contributed by atoms with E-state index in [1.165, 1.54) is 0 Å². The Labute approximate surface area is 124 Å². The van der Waals surface area contributed by atoms with Gasteiger partial charge in [-0.3, -0.25) is 9.88 Å². The number of aromatic nitrogens is 1. The maximum Gasteiger partial charge on any atom is 0.139 e. The molecule has 1 saturated heterocycles. The van der Waals surface area contributed by atoms with Crippen molar-refractivity contribution in [3.05, 3.63) is 59.9 Å². The number of fused-ring (bicyclic) bond motifs is 1. The van der Waals surface area contributed by atoms with E-state index in [-0.39, 0.29) is 0 Å². The van der Waals surface area contributed by atoms with Gasteiger partial charge in [0.1, 0.15) is 11.9 Å². The van der Waals surface area contributed by atoms with Crippen LogP contribution in [0.5, 0.6) is 5.75 Å². The molecule has 3 nitrogen and oxygen atoms in total. The molecule has 2 aliphatic rings. The quantitative estimate of drug-likeness (QED) is 0.786. The molecule has 0 bridgehead atoms. The van der Waals surface area contributed by atoms with E-state index < -0.39 is 0 Å². The molecule has 3 heteroatoms. The zero-order valence-corrected chi connectivity index (χ0v) is 11.9. The molecule has 4 rings (SSSR count). The molecule has 3 atom stereocenters. The first kappa shape index (κ1) is 12.4. The Kier molecular flexibility index (Phi) is 2.90. The topological polar surface area (TPSA) is 25.4 Å². The van der Waals surface area contributed by atoms with Crippen molar-refractivity contribution >= 4 is 0 Å². The molecule has 1 aromatic carbocycles. The van der Waals surface area contributed by atoms with Crippen molar-refractivity contribution in [3.8, 4) is 17.6 Å². The maximum atomic E-state index is 6.00. The number of likely N-dealkylation sites (N-methyl/N-ethyl adjacent to an activating group) is 1. The predicted molar refractivity (Wildman–Crippen MR) is 81.0 cm³/mol. The molecule has 21 heavy (non-hydrogen) atoms. The molecule has 0 spiro atoms. The first-order valence-electron chi connectivity index (χ1n) is 7.20. The van der Waals surface area contributed by atoms with E-state index >= 15 is 0 Å². The van der Waals surface area contributed by atoms with Crippen LogP contribution in [0.3, 0.4) is 0 Å². The first-order chi connectivity index (χ1) is 10.3. The molecule has 1 saturated carbocycles. The van der Waals surface area contributed by atoms with Crippen LogP contribution in [0.2, 0.25) is 0 Å². The van der Waals surface area contributed by atoms with Crippen molar-refractivity contribution in [1.29, 1.82) is 0 Å². The highest BCUT2D eigenvalue weighted by Crippen LogP contribution is 2.47. The van der Waals surface area contributed by atoms with E-state index in [4.69, 9.17) is 4.74 Å². The first-order valence-corrected chi connectivity index (χ1v) is 7.20. The second-order valence-electron chi connectivity index (χ2n) is 5.70. The van der Waals surface area contributed by atoms with Gasteiger partial charge in [0.2, 0.25) is 0 Å². The molecule has 2 fully saturated rings. The summed E-state index contributed by atoms with van der Waals surface area (Å²) in [7, 11) is 2.14. The molecule has 0 N–H and O–H groups in total. The van der Waals surface area contributed by atoms with Gasteiger partial charge in [0.25, 0.3) is 0 Å². The predicted octanol–water partition coefficient (Wildman–Crippen LogP) is 2.17. The number of hydrogen-bond donors (Lipinski definition) is 0. The molecule has 2 aromatic rings. The fraction of sp³-hybridized carbons (Fsp3) is 0.278. The van der Waals surface area contributed by atoms with Crippen LogP contribution < -0.4 is 4.74 Å². The monoisotopic (exact) mass is 276 g/mol. The molecule has 1 aromatic heterocycles. The Balaban J connectivity index is 1.47. The van der Waals surface area contributed by atoms with Crippen molar-refractivity contribution in [2.75, 3.05) is 13.6 Å². The Morgan fingerprint density at radius 1 is 1.14 bits per heavy atom. The number of hydrogen-bond acceptors (Lipinski definition) is 3. The van der Waals surface area contributed by atoms with E-state index in [2.05, 4.69) is 28.8 Å². The number of nitrogens with zero attached hydrogens (tertiary/aromatic N) is 2. The molecular weight excluding hydrogens is 260 g/mol. The van der Waals surface area contributed by atoms with Crippen LogP contribution in [0, 0.1) is 17.8 Å². The van der Waals surface area contributed by atoms with Gasteiger partial charge in [-0.2, -0.15) is 0 Å². The summed E-state index contributed by atoms with van der Waals surface area (Å²) >= 11 is 0. The highest BCUT2D eigenvalue weighted by Gasteiger charge is 2.63. The number of pyridine rings is 1. The Hall–Kier alpha value is -2.31.